The van der Waals surface area contributed by atoms with Gasteiger partial charge in [-0.15, -0.1) is 0 Å². The van der Waals surface area contributed by atoms with Crippen LogP contribution in [0.4, 0.5) is 0 Å². The summed E-state index contributed by atoms with van der Waals surface area (Å²) in [5, 5.41) is 1.66. The SMILES string of the molecule is COc1ccc2[nH]c([S@@](=O)Cc3ncc(C)c(OC)c3C)cc2c1. The minimum atomic E-state index is -1.22. The second-order valence-electron chi connectivity index (χ2n) is 5.62. The number of nitrogens with zero attached hydrogens (tertiary/aromatic N) is 1. The third-order valence-electron chi connectivity index (χ3n) is 4.07. The van der Waals surface area contributed by atoms with Crippen LogP contribution in [0.2, 0.25) is 0 Å². The van der Waals surface area contributed by atoms with Crippen molar-refractivity contribution in [1.82, 2.24) is 9.97 Å². The summed E-state index contributed by atoms with van der Waals surface area (Å²) in [6.45, 7) is 3.89. The van der Waals surface area contributed by atoms with Gasteiger partial charge in [0, 0.05) is 28.2 Å². The molecule has 1 N–H and O–H groups in total. The molecule has 0 spiro atoms. The molecule has 0 fully saturated rings. The molecule has 1 atom stereocenters. The number of fused-ring (bicyclic) bond motifs is 1. The van der Waals surface area contributed by atoms with Crippen molar-refractivity contribution >= 4 is 21.7 Å². The van der Waals surface area contributed by atoms with Crippen molar-refractivity contribution in [3.8, 4) is 11.5 Å². The first kappa shape index (κ1) is 16.5. The molecule has 6 heteroatoms. The molecule has 5 nitrogen and oxygen atoms in total. The fraction of sp³-hybridized carbons (Fsp3) is 0.278. The standard InChI is InChI=1S/C18H20N2O3S/c1-11-9-19-16(12(2)18(11)23-4)10-24(21)17-8-13-7-14(22-3)5-6-15(13)20-17/h5-9,20H,10H2,1-4H3/t24-/m0/s1. The second kappa shape index (κ2) is 6.65. The Balaban J connectivity index is 1.90. The molecule has 3 aromatic rings. The number of nitrogens with one attached hydrogen (secondary N) is 1. The lowest BCUT2D eigenvalue weighted by Gasteiger charge is -2.11. The number of ether oxygens (including phenoxy) is 2. The summed E-state index contributed by atoms with van der Waals surface area (Å²) in [5.41, 5.74) is 3.63. The number of benzene rings is 1. The fourth-order valence-corrected chi connectivity index (χ4v) is 3.93. The van der Waals surface area contributed by atoms with Gasteiger partial charge in [0.1, 0.15) is 16.5 Å². The molecular formula is C18H20N2O3S. The zero-order valence-electron chi connectivity index (χ0n) is 14.2. The largest absolute Gasteiger partial charge is 0.497 e. The molecular weight excluding hydrogens is 324 g/mol. The number of aromatic amines is 1. The molecule has 3 rings (SSSR count). The molecule has 0 aliphatic carbocycles. The monoisotopic (exact) mass is 344 g/mol. The highest BCUT2D eigenvalue weighted by Crippen LogP contribution is 2.27. The van der Waals surface area contributed by atoms with Gasteiger partial charge >= 0.3 is 0 Å². The number of pyridine rings is 1. The molecule has 2 aromatic heterocycles. The Morgan fingerprint density at radius 1 is 1.17 bits per heavy atom. The number of methoxy groups -OCH3 is 2. The number of aryl methyl sites for hydroxylation is 1. The van der Waals surface area contributed by atoms with E-state index in [9.17, 15) is 4.21 Å². The number of H-pyrrole nitrogens is 1. The van der Waals surface area contributed by atoms with Crippen LogP contribution >= 0.6 is 0 Å². The average Bonchev–Trinajstić information content (AvgIpc) is 3.01. The molecule has 24 heavy (non-hydrogen) atoms. The predicted molar refractivity (Wildman–Crippen MR) is 95.2 cm³/mol. The van der Waals surface area contributed by atoms with Crippen molar-refractivity contribution in [1.29, 1.82) is 0 Å². The molecule has 0 aliphatic heterocycles. The number of rotatable bonds is 5. The highest BCUT2D eigenvalue weighted by Gasteiger charge is 2.15. The molecule has 1 aromatic carbocycles. The van der Waals surface area contributed by atoms with Crippen LogP contribution < -0.4 is 9.47 Å². The summed E-state index contributed by atoms with van der Waals surface area (Å²) < 4.78 is 23.4. The summed E-state index contributed by atoms with van der Waals surface area (Å²) in [7, 11) is 2.05. The van der Waals surface area contributed by atoms with Gasteiger partial charge in [0.25, 0.3) is 0 Å². The Kier molecular flexibility index (Phi) is 4.57. The number of hydrogen-bond acceptors (Lipinski definition) is 4. The smallest absolute Gasteiger partial charge is 0.128 e. The summed E-state index contributed by atoms with van der Waals surface area (Å²) in [4.78, 5) is 7.64. The van der Waals surface area contributed by atoms with E-state index in [1.807, 2.05) is 38.1 Å². The van der Waals surface area contributed by atoms with E-state index < -0.39 is 10.8 Å². The number of aromatic nitrogens is 2. The van der Waals surface area contributed by atoms with Gasteiger partial charge in [0.15, 0.2) is 0 Å². The topological polar surface area (TPSA) is 64.2 Å². The summed E-state index contributed by atoms with van der Waals surface area (Å²) in [6, 6.07) is 7.62. The van der Waals surface area contributed by atoms with E-state index in [1.165, 1.54) is 0 Å². The van der Waals surface area contributed by atoms with Gasteiger partial charge in [0.2, 0.25) is 0 Å². The van der Waals surface area contributed by atoms with Crippen LogP contribution in [0.5, 0.6) is 11.5 Å². The van der Waals surface area contributed by atoms with E-state index in [4.69, 9.17) is 9.47 Å². The third-order valence-corrected chi connectivity index (χ3v) is 5.31. The molecule has 2 heterocycles. The van der Waals surface area contributed by atoms with E-state index in [1.54, 1.807) is 20.4 Å². The van der Waals surface area contributed by atoms with Crippen LogP contribution in [-0.4, -0.2) is 28.4 Å². The predicted octanol–water partition coefficient (Wildman–Crippen LogP) is 3.50. The van der Waals surface area contributed by atoms with E-state index in [0.29, 0.717) is 10.8 Å². The second-order valence-corrected chi connectivity index (χ2v) is 7.04. The van der Waals surface area contributed by atoms with Crippen molar-refractivity contribution in [3.05, 3.63) is 47.3 Å². The van der Waals surface area contributed by atoms with Crippen molar-refractivity contribution in [2.75, 3.05) is 14.2 Å². The van der Waals surface area contributed by atoms with E-state index in [0.717, 1.165) is 39.2 Å². The highest BCUT2D eigenvalue weighted by molar-refractivity contribution is 7.84. The van der Waals surface area contributed by atoms with Gasteiger partial charge in [-0.25, -0.2) is 0 Å². The first-order chi connectivity index (χ1) is 11.5. The Morgan fingerprint density at radius 3 is 2.67 bits per heavy atom. The van der Waals surface area contributed by atoms with Crippen LogP contribution in [0.3, 0.4) is 0 Å². The molecule has 0 bridgehead atoms. The zero-order valence-corrected chi connectivity index (χ0v) is 15.0. The van der Waals surface area contributed by atoms with Crippen LogP contribution in [0.25, 0.3) is 10.9 Å². The van der Waals surface area contributed by atoms with Gasteiger partial charge in [-0.1, -0.05) is 0 Å². The maximum atomic E-state index is 12.7. The molecule has 126 valence electrons. The lowest BCUT2D eigenvalue weighted by molar-refractivity contribution is 0.407. The Bertz CT molecular complexity index is 918. The normalized spacial score (nSPS) is 12.3. The van der Waals surface area contributed by atoms with Crippen LogP contribution in [0.15, 0.2) is 35.5 Å². The molecule has 0 aliphatic rings. The van der Waals surface area contributed by atoms with Gasteiger partial charge in [-0.05, 0) is 38.1 Å². The Hall–Kier alpha value is -2.34. The van der Waals surface area contributed by atoms with Gasteiger partial charge in [0.05, 0.1) is 36.5 Å². The van der Waals surface area contributed by atoms with Crippen molar-refractivity contribution in [2.45, 2.75) is 24.6 Å². The maximum absolute atomic E-state index is 12.7. The average molecular weight is 344 g/mol. The van der Waals surface area contributed by atoms with Crippen molar-refractivity contribution in [3.63, 3.8) is 0 Å². The van der Waals surface area contributed by atoms with Gasteiger partial charge in [-0.3, -0.25) is 9.19 Å². The fourth-order valence-electron chi connectivity index (χ4n) is 2.75. The first-order valence-corrected chi connectivity index (χ1v) is 8.89. The lowest BCUT2D eigenvalue weighted by Crippen LogP contribution is -2.04. The van der Waals surface area contributed by atoms with E-state index in [2.05, 4.69) is 9.97 Å². The van der Waals surface area contributed by atoms with Crippen LogP contribution in [0.1, 0.15) is 16.8 Å². The van der Waals surface area contributed by atoms with Gasteiger partial charge in [-0.2, -0.15) is 0 Å². The van der Waals surface area contributed by atoms with E-state index in [-0.39, 0.29) is 0 Å². The molecule has 0 saturated carbocycles. The summed E-state index contributed by atoms with van der Waals surface area (Å²) in [5.74, 6) is 1.92. The summed E-state index contributed by atoms with van der Waals surface area (Å²) >= 11 is 0. The number of hydrogen-bond donors (Lipinski definition) is 1. The Morgan fingerprint density at radius 2 is 1.96 bits per heavy atom. The third kappa shape index (κ3) is 3.01. The zero-order chi connectivity index (χ0) is 17.3. The minimum Gasteiger partial charge on any atom is -0.497 e. The molecule has 0 radical (unpaired) electrons. The summed E-state index contributed by atoms with van der Waals surface area (Å²) in [6.07, 6.45) is 1.76. The van der Waals surface area contributed by atoms with Crippen LogP contribution in [0, 0.1) is 13.8 Å². The first-order valence-electron chi connectivity index (χ1n) is 7.57. The molecule has 0 amide bonds. The molecule has 0 saturated heterocycles. The Labute approximate surface area is 143 Å². The van der Waals surface area contributed by atoms with E-state index >= 15 is 0 Å². The lowest BCUT2D eigenvalue weighted by atomic mass is 10.1. The molecule has 0 unspecified atom stereocenters. The van der Waals surface area contributed by atoms with Gasteiger partial charge < -0.3 is 14.5 Å². The van der Waals surface area contributed by atoms with Crippen LogP contribution in [-0.2, 0) is 16.6 Å². The highest BCUT2D eigenvalue weighted by atomic mass is 32.2. The van der Waals surface area contributed by atoms with Crippen molar-refractivity contribution in [2.24, 2.45) is 0 Å². The quantitative estimate of drug-likeness (QED) is 0.769. The minimum absolute atomic E-state index is 0.340. The maximum Gasteiger partial charge on any atom is 0.128 e. The van der Waals surface area contributed by atoms with Crippen molar-refractivity contribution < 1.29 is 13.7 Å².